The topological polar surface area (TPSA) is 55.1 Å². The fraction of sp³-hybridized carbons (Fsp3) is 0.364. The average Bonchev–Trinajstić information content (AvgIpc) is 2.31. The van der Waals surface area contributed by atoms with Crippen molar-refractivity contribution in [2.24, 2.45) is 0 Å². The van der Waals surface area contributed by atoms with E-state index in [1.54, 1.807) is 29.6 Å². The van der Waals surface area contributed by atoms with Crippen molar-refractivity contribution in [3.05, 3.63) is 29.8 Å². The zero-order valence-corrected chi connectivity index (χ0v) is 9.30. The summed E-state index contributed by atoms with van der Waals surface area (Å²) < 4.78 is 48.7. The van der Waals surface area contributed by atoms with Gasteiger partial charge >= 0.3 is 12.3 Å². The van der Waals surface area contributed by atoms with Gasteiger partial charge in [-0.1, -0.05) is 12.1 Å². The average molecular weight is 264 g/mol. The van der Waals surface area contributed by atoms with Crippen LogP contribution in [-0.4, -0.2) is 24.8 Å². The molecular weight excluding hydrogens is 252 g/mol. The van der Waals surface area contributed by atoms with Gasteiger partial charge in [-0.15, -0.1) is 0 Å². The maximum atomic E-state index is 12.5. The first-order valence-electron chi connectivity index (χ1n) is 5.12. The second-order valence-corrected chi connectivity index (χ2v) is 3.67. The number of halogens is 4. The van der Waals surface area contributed by atoms with Crippen LogP contribution >= 0.6 is 0 Å². The molecule has 0 aliphatic heterocycles. The summed E-state index contributed by atoms with van der Waals surface area (Å²) in [6.45, 7) is -0.148. The van der Waals surface area contributed by atoms with Gasteiger partial charge in [0.25, 0.3) is 5.91 Å². The van der Waals surface area contributed by atoms with Crippen LogP contribution in [0.15, 0.2) is 24.3 Å². The van der Waals surface area contributed by atoms with Crippen molar-refractivity contribution < 1.29 is 22.4 Å². The van der Waals surface area contributed by atoms with Gasteiger partial charge in [-0.2, -0.15) is 8.78 Å². The molecule has 0 aliphatic carbocycles. The lowest BCUT2D eigenvalue weighted by Crippen LogP contribution is -2.45. The maximum absolute atomic E-state index is 12.5. The van der Waals surface area contributed by atoms with Gasteiger partial charge in [0.2, 0.25) is 0 Å². The second-order valence-electron chi connectivity index (χ2n) is 3.67. The van der Waals surface area contributed by atoms with E-state index >= 15 is 0 Å². The van der Waals surface area contributed by atoms with Crippen LogP contribution in [0.4, 0.5) is 23.2 Å². The SMILES string of the molecule is Nc1ccc(CCNC(=O)C(F)(F)C(F)F)cc1. The zero-order valence-electron chi connectivity index (χ0n) is 9.30. The van der Waals surface area contributed by atoms with E-state index in [4.69, 9.17) is 5.73 Å². The molecule has 0 fully saturated rings. The highest BCUT2D eigenvalue weighted by atomic mass is 19.3. The van der Waals surface area contributed by atoms with Crippen LogP contribution in [0.25, 0.3) is 0 Å². The van der Waals surface area contributed by atoms with Gasteiger partial charge in [0, 0.05) is 12.2 Å². The third-order valence-corrected chi connectivity index (χ3v) is 2.26. The molecule has 0 aliphatic rings. The molecule has 1 rings (SSSR count). The number of benzene rings is 1. The van der Waals surface area contributed by atoms with Gasteiger partial charge in [-0.05, 0) is 24.1 Å². The Morgan fingerprint density at radius 1 is 1.28 bits per heavy atom. The summed E-state index contributed by atoms with van der Waals surface area (Å²) in [7, 11) is 0. The normalized spacial score (nSPS) is 11.6. The van der Waals surface area contributed by atoms with E-state index in [1.807, 2.05) is 0 Å². The Morgan fingerprint density at radius 2 is 1.83 bits per heavy atom. The number of amides is 1. The van der Waals surface area contributed by atoms with E-state index in [2.05, 4.69) is 0 Å². The summed E-state index contributed by atoms with van der Waals surface area (Å²) in [6.07, 6.45) is -3.75. The van der Waals surface area contributed by atoms with E-state index in [0.29, 0.717) is 5.69 Å². The molecule has 1 aromatic rings. The number of alkyl halides is 4. The number of hydrogen-bond donors (Lipinski definition) is 2. The molecule has 18 heavy (non-hydrogen) atoms. The van der Waals surface area contributed by atoms with E-state index in [1.165, 1.54) is 0 Å². The highest BCUT2D eigenvalue weighted by Gasteiger charge is 2.48. The van der Waals surface area contributed by atoms with Gasteiger partial charge in [0.05, 0.1) is 0 Å². The first kappa shape index (κ1) is 14.3. The predicted molar refractivity (Wildman–Crippen MR) is 58.5 cm³/mol. The molecular formula is C11H12F4N2O. The van der Waals surface area contributed by atoms with Crippen LogP contribution in [-0.2, 0) is 11.2 Å². The highest BCUT2D eigenvalue weighted by Crippen LogP contribution is 2.22. The number of rotatable bonds is 5. The second kappa shape index (κ2) is 5.70. The molecule has 100 valence electrons. The van der Waals surface area contributed by atoms with Crippen LogP contribution in [0, 0.1) is 0 Å². The van der Waals surface area contributed by atoms with Gasteiger partial charge in [0.1, 0.15) is 0 Å². The Morgan fingerprint density at radius 3 is 2.33 bits per heavy atom. The number of hydrogen-bond acceptors (Lipinski definition) is 2. The van der Waals surface area contributed by atoms with Gasteiger partial charge < -0.3 is 11.1 Å². The molecule has 0 saturated carbocycles. The summed E-state index contributed by atoms with van der Waals surface area (Å²) in [6, 6.07) is 6.55. The predicted octanol–water partition coefficient (Wildman–Crippen LogP) is 1.83. The summed E-state index contributed by atoms with van der Waals surface area (Å²) in [5.41, 5.74) is 6.74. The molecule has 0 spiro atoms. The number of carbonyl (C=O) groups is 1. The molecule has 0 aromatic heterocycles. The molecule has 0 bridgehead atoms. The quantitative estimate of drug-likeness (QED) is 0.629. The Labute approximate surface area is 101 Å². The van der Waals surface area contributed by atoms with Gasteiger partial charge in [0.15, 0.2) is 0 Å². The first-order valence-corrected chi connectivity index (χ1v) is 5.12. The van der Waals surface area contributed by atoms with Crippen molar-refractivity contribution in [2.75, 3.05) is 12.3 Å². The van der Waals surface area contributed by atoms with Crippen molar-refractivity contribution in [3.63, 3.8) is 0 Å². The van der Waals surface area contributed by atoms with E-state index in [0.717, 1.165) is 5.56 Å². The number of carbonyl (C=O) groups excluding carboxylic acids is 1. The van der Waals surface area contributed by atoms with Crippen LogP contribution in [0.2, 0.25) is 0 Å². The van der Waals surface area contributed by atoms with E-state index in [-0.39, 0.29) is 13.0 Å². The largest absolute Gasteiger partial charge is 0.399 e. The molecule has 7 heteroatoms. The Bertz CT molecular complexity index is 406. The minimum absolute atomic E-state index is 0.148. The standard InChI is InChI=1S/C11H12F4N2O/c12-9(13)11(14,15)10(18)17-6-5-7-1-3-8(16)4-2-7/h1-4,9H,5-6,16H2,(H,17,18). The third kappa shape index (κ3) is 3.61. The van der Waals surface area contributed by atoms with Gasteiger partial charge in [-0.3, -0.25) is 4.79 Å². The Hall–Kier alpha value is -1.79. The summed E-state index contributed by atoms with van der Waals surface area (Å²) in [4.78, 5) is 10.8. The molecule has 1 aromatic carbocycles. The minimum Gasteiger partial charge on any atom is -0.399 e. The van der Waals surface area contributed by atoms with Gasteiger partial charge in [-0.25, -0.2) is 8.78 Å². The van der Waals surface area contributed by atoms with Crippen LogP contribution in [0.3, 0.4) is 0 Å². The fourth-order valence-corrected chi connectivity index (χ4v) is 1.22. The highest BCUT2D eigenvalue weighted by molar-refractivity contribution is 5.83. The van der Waals surface area contributed by atoms with Crippen molar-refractivity contribution in [1.29, 1.82) is 0 Å². The summed E-state index contributed by atoms with van der Waals surface area (Å²) in [5.74, 6) is -6.62. The number of nitrogen functional groups attached to an aromatic ring is 1. The lowest BCUT2D eigenvalue weighted by Gasteiger charge is -2.14. The Kier molecular flexibility index (Phi) is 4.52. The van der Waals surface area contributed by atoms with Crippen LogP contribution in [0.5, 0.6) is 0 Å². The first-order chi connectivity index (χ1) is 8.34. The lowest BCUT2D eigenvalue weighted by atomic mass is 10.1. The smallest absolute Gasteiger partial charge is 0.383 e. The Balaban J connectivity index is 2.43. The minimum atomic E-state index is -4.65. The fourth-order valence-electron chi connectivity index (χ4n) is 1.22. The molecule has 3 nitrogen and oxygen atoms in total. The monoisotopic (exact) mass is 264 g/mol. The summed E-state index contributed by atoms with van der Waals surface area (Å²) in [5, 5.41) is 1.77. The molecule has 3 N–H and O–H groups in total. The van der Waals surface area contributed by atoms with E-state index in [9.17, 15) is 22.4 Å². The number of nitrogens with two attached hydrogens (primary N) is 1. The van der Waals surface area contributed by atoms with Crippen molar-refractivity contribution in [1.82, 2.24) is 5.32 Å². The third-order valence-electron chi connectivity index (χ3n) is 2.26. The summed E-state index contributed by atoms with van der Waals surface area (Å²) >= 11 is 0. The van der Waals surface area contributed by atoms with Crippen molar-refractivity contribution in [3.8, 4) is 0 Å². The van der Waals surface area contributed by atoms with Crippen molar-refractivity contribution >= 4 is 11.6 Å². The molecule has 0 atom stereocenters. The van der Waals surface area contributed by atoms with Crippen LogP contribution in [0.1, 0.15) is 5.56 Å². The van der Waals surface area contributed by atoms with E-state index < -0.39 is 18.3 Å². The number of nitrogens with one attached hydrogen (secondary N) is 1. The van der Waals surface area contributed by atoms with Crippen molar-refractivity contribution in [2.45, 2.75) is 18.8 Å². The molecule has 0 heterocycles. The molecule has 0 unspecified atom stereocenters. The molecule has 1 amide bonds. The molecule has 0 radical (unpaired) electrons. The molecule has 0 saturated heterocycles. The zero-order chi connectivity index (χ0) is 13.8. The number of anilines is 1. The van der Waals surface area contributed by atoms with Crippen LogP contribution < -0.4 is 11.1 Å². The lowest BCUT2D eigenvalue weighted by molar-refractivity contribution is -0.169. The maximum Gasteiger partial charge on any atom is 0.383 e.